The minimum atomic E-state index is -0.818. The Balaban J connectivity index is 1.90. The number of hydrogen-bond acceptors (Lipinski definition) is 2. The third-order valence-electron chi connectivity index (χ3n) is 3.62. The molecule has 0 aromatic rings. The van der Waals surface area contributed by atoms with Crippen LogP contribution in [0.15, 0.2) is 0 Å². The number of carbonyl (C=O) groups excluding carboxylic acids is 1. The summed E-state index contributed by atoms with van der Waals surface area (Å²) < 4.78 is 0. The first-order valence-electron chi connectivity index (χ1n) is 5.71. The van der Waals surface area contributed by atoms with Crippen molar-refractivity contribution in [2.75, 3.05) is 0 Å². The molecule has 0 aliphatic heterocycles. The molecule has 0 heterocycles. The summed E-state index contributed by atoms with van der Waals surface area (Å²) in [6, 6.07) is 0.313. The van der Waals surface area contributed by atoms with Gasteiger partial charge in [0.2, 0.25) is 5.91 Å². The van der Waals surface area contributed by atoms with Crippen molar-refractivity contribution in [3.05, 3.63) is 0 Å². The van der Waals surface area contributed by atoms with Crippen LogP contribution in [0, 0.1) is 11.8 Å². The summed E-state index contributed by atoms with van der Waals surface area (Å²) >= 11 is 0. The molecular formula is C11H17NO3. The van der Waals surface area contributed by atoms with Gasteiger partial charge >= 0.3 is 5.97 Å². The van der Waals surface area contributed by atoms with Gasteiger partial charge in [0.25, 0.3) is 0 Å². The van der Waals surface area contributed by atoms with E-state index < -0.39 is 11.9 Å². The summed E-state index contributed by atoms with van der Waals surface area (Å²) in [5.74, 6) is -1.60. The third-order valence-corrected chi connectivity index (χ3v) is 3.62. The molecule has 0 radical (unpaired) electrons. The van der Waals surface area contributed by atoms with Crippen LogP contribution in [0.2, 0.25) is 0 Å². The normalized spacial score (nSPS) is 30.9. The molecule has 2 saturated carbocycles. The number of hydrogen-bond donors (Lipinski definition) is 2. The first kappa shape index (κ1) is 10.5. The van der Waals surface area contributed by atoms with Crippen LogP contribution in [-0.2, 0) is 9.59 Å². The lowest BCUT2D eigenvalue weighted by molar-refractivity contribution is -0.146. The van der Waals surface area contributed by atoms with Gasteiger partial charge in [-0.25, -0.2) is 0 Å². The average molecular weight is 211 g/mol. The van der Waals surface area contributed by atoms with Crippen LogP contribution in [0.3, 0.4) is 0 Å². The molecule has 84 valence electrons. The van der Waals surface area contributed by atoms with Crippen molar-refractivity contribution in [3.8, 4) is 0 Å². The molecule has 0 saturated heterocycles. The number of carboxylic acid groups (broad SMARTS) is 1. The molecule has 2 N–H and O–H groups in total. The van der Waals surface area contributed by atoms with E-state index in [-0.39, 0.29) is 11.8 Å². The molecule has 2 rings (SSSR count). The summed E-state index contributed by atoms with van der Waals surface area (Å²) in [6.07, 6.45) is 5.53. The van der Waals surface area contributed by atoms with E-state index in [0.29, 0.717) is 12.5 Å². The first-order valence-corrected chi connectivity index (χ1v) is 5.71. The highest BCUT2D eigenvalue weighted by atomic mass is 16.4. The lowest BCUT2D eigenvalue weighted by atomic mass is 9.90. The van der Waals surface area contributed by atoms with Crippen LogP contribution in [0.5, 0.6) is 0 Å². The summed E-state index contributed by atoms with van der Waals surface area (Å²) in [4.78, 5) is 22.7. The van der Waals surface area contributed by atoms with Gasteiger partial charge in [-0.2, -0.15) is 0 Å². The highest BCUT2D eigenvalue weighted by molar-refractivity contribution is 5.85. The van der Waals surface area contributed by atoms with Gasteiger partial charge in [0, 0.05) is 6.04 Å². The molecule has 0 unspecified atom stereocenters. The van der Waals surface area contributed by atoms with Crippen molar-refractivity contribution in [1.29, 1.82) is 0 Å². The fourth-order valence-corrected chi connectivity index (χ4v) is 2.43. The fraction of sp³-hybridized carbons (Fsp3) is 0.818. The maximum atomic E-state index is 11.8. The van der Waals surface area contributed by atoms with Crippen LogP contribution < -0.4 is 5.32 Å². The van der Waals surface area contributed by atoms with Gasteiger partial charge in [0.1, 0.15) is 0 Å². The molecule has 2 atom stereocenters. The number of carboxylic acids is 1. The summed E-state index contributed by atoms with van der Waals surface area (Å²) in [5, 5.41) is 11.9. The van der Waals surface area contributed by atoms with Crippen LogP contribution in [0.1, 0.15) is 38.5 Å². The van der Waals surface area contributed by atoms with E-state index in [1.165, 1.54) is 6.42 Å². The molecule has 0 aromatic carbocycles. The predicted molar refractivity (Wildman–Crippen MR) is 54.2 cm³/mol. The van der Waals surface area contributed by atoms with E-state index in [0.717, 1.165) is 25.7 Å². The van der Waals surface area contributed by atoms with Gasteiger partial charge in [0.05, 0.1) is 11.8 Å². The van der Waals surface area contributed by atoms with E-state index in [1.54, 1.807) is 0 Å². The van der Waals surface area contributed by atoms with Crippen LogP contribution in [0.25, 0.3) is 0 Å². The van der Waals surface area contributed by atoms with E-state index in [4.69, 9.17) is 5.11 Å². The zero-order valence-electron chi connectivity index (χ0n) is 8.74. The molecule has 0 bridgehead atoms. The smallest absolute Gasteiger partial charge is 0.307 e. The largest absolute Gasteiger partial charge is 0.481 e. The molecular weight excluding hydrogens is 194 g/mol. The van der Waals surface area contributed by atoms with Crippen LogP contribution in [0.4, 0.5) is 0 Å². The molecule has 2 aliphatic rings. The molecule has 4 nitrogen and oxygen atoms in total. The van der Waals surface area contributed by atoms with Gasteiger partial charge in [-0.15, -0.1) is 0 Å². The maximum absolute atomic E-state index is 11.8. The Kier molecular flexibility index (Phi) is 2.93. The number of nitrogens with one attached hydrogen (secondary N) is 1. The molecule has 15 heavy (non-hydrogen) atoms. The summed E-state index contributed by atoms with van der Waals surface area (Å²) in [6.45, 7) is 0. The third kappa shape index (κ3) is 2.13. The van der Waals surface area contributed by atoms with Crippen molar-refractivity contribution in [3.63, 3.8) is 0 Å². The standard InChI is InChI=1S/C11H17NO3/c13-10(12-7-3-1-4-7)8-5-2-6-9(8)11(14)15/h7-9H,1-6H2,(H,12,13)(H,14,15)/t8-,9+/m1/s1. The Morgan fingerprint density at radius 3 is 2.13 bits per heavy atom. The topological polar surface area (TPSA) is 66.4 Å². The van der Waals surface area contributed by atoms with E-state index in [2.05, 4.69) is 5.32 Å². The van der Waals surface area contributed by atoms with Gasteiger partial charge in [-0.3, -0.25) is 9.59 Å². The number of amides is 1. The zero-order valence-corrected chi connectivity index (χ0v) is 8.74. The molecule has 1 amide bonds. The quantitative estimate of drug-likeness (QED) is 0.736. The first-order chi connectivity index (χ1) is 7.18. The minimum Gasteiger partial charge on any atom is -0.481 e. The van der Waals surface area contributed by atoms with Gasteiger partial charge in [-0.1, -0.05) is 6.42 Å². The number of carbonyl (C=O) groups is 2. The van der Waals surface area contributed by atoms with Crippen molar-refractivity contribution in [2.45, 2.75) is 44.6 Å². The molecule has 4 heteroatoms. The van der Waals surface area contributed by atoms with Crippen LogP contribution >= 0.6 is 0 Å². The average Bonchev–Trinajstić information content (AvgIpc) is 2.59. The SMILES string of the molecule is O=C(O)[C@H]1CCC[C@H]1C(=O)NC1CCC1. The van der Waals surface area contributed by atoms with E-state index >= 15 is 0 Å². The molecule has 2 aliphatic carbocycles. The number of rotatable bonds is 3. The maximum Gasteiger partial charge on any atom is 0.307 e. The van der Waals surface area contributed by atoms with Gasteiger partial charge in [0.15, 0.2) is 0 Å². The summed E-state index contributed by atoms with van der Waals surface area (Å²) in [7, 11) is 0. The van der Waals surface area contributed by atoms with Crippen molar-refractivity contribution in [1.82, 2.24) is 5.32 Å². The van der Waals surface area contributed by atoms with E-state index in [9.17, 15) is 9.59 Å². The molecule has 2 fully saturated rings. The number of aliphatic carboxylic acids is 1. The van der Waals surface area contributed by atoms with Crippen LogP contribution in [-0.4, -0.2) is 23.0 Å². The lowest BCUT2D eigenvalue weighted by Gasteiger charge is -2.28. The summed E-state index contributed by atoms with van der Waals surface area (Å²) in [5.41, 5.74) is 0. The minimum absolute atomic E-state index is 0.0374. The second-order valence-corrected chi connectivity index (χ2v) is 4.62. The Bertz CT molecular complexity index is 273. The monoisotopic (exact) mass is 211 g/mol. The Hall–Kier alpha value is -1.06. The van der Waals surface area contributed by atoms with Crippen molar-refractivity contribution < 1.29 is 14.7 Å². The predicted octanol–water partition coefficient (Wildman–Crippen LogP) is 1.16. The Morgan fingerprint density at radius 2 is 1.60 bits per heavy atom. The molecule has 0 spiro atoms. The van der Waals surface area contributed by atoms with Gasteiger partial charge < -0.3 is 10.4 Å². The second kappa shape index (κ2) is 4.21. The lowest BCUT2D eigenvalue weighted by Crippen LogP contribution is -2.44. The fourth-order valence-electron chi connectivity index (χ4n) is 2.43. The van der Waals surface area contributed by atoms with E-state index in [1.807, 2.05) is 0 Å². The van der Waals surface area contributed by atoms with Gasteiger partial charge in [-0.05, 0) is 32.1 Å². The second-order valence-electron chi connectivity index (χ2n) is 4.62. The Labute approximate surface area is 89.0 Å². The highest BCUT2D eigenvalue weighted by Gasteiger charge is 2.38. The van der Waals surface area contributed by atoms with Crippen molar-refractivity contribution in [2.24, 2.45) is 11.8 Å². The van der Waals surface area contributed by atoms with Crippen molar-refractivity contribution >= 4 is 11.9 Å². The zero-order chi connectivity index (χ0) is 10.8. The Morgan fingerprint density at radius 1 is 1.00 bits per heavy atom. The molecule has 0 aromatic heterocycles. The highest BCUT2D eigenvalue weighted by Crippen LogP contribution is 2.32.